The standard InChI is InChI=1S/C14H20FN3O2/c1-3-4-5-8-16-14(20)18-13-9-11(17-10(2)19)6-7-12(13)15/h6-7,9H,3-5,8H2,1-2H3,(H,17,19)(H2,16,18,20). The number of unbranched alkanes of at least 4 members (excludes halogenated alkanes) is 2. The summed E-state index contributed by atoms with van der Waals surface area (Å²) in [7, 11) is 0. The van der Waals surface area contributed by atoms with Crippen molar-refractivity contribution >= 4 is 23.3 Å². The highest BCUT2D eigenvalue weighted by atomic mass is 19.1. The summed E-state index contributed by atoms with van der Waals surface area (Å²) < 4.78 is 13.6. The highest BCUT2D eigenvalue weighted by Gasteiger charge is 2.08. The van der Waals surface area contributed by atoms with E-state index in [0.29, 0.717) is 12.2 Å². The highest BCUT2D eigenvalue weighted by molar-refractivity contribution is 5.92. The molecule has 0 fully saturated rings. The molecule has 20 heavy (non-hydrogen) atoms. The van der Waals surface area contributed by atoms with E-state index in [0.717, 1.165) is 19.3 Å². The summed E-state index contributed by atoms with van der Waals surface area (Å²) in [6.07, 6.45) is 2.99. The average molecular weight is 281 g/mol. The molecular formula is C14H20FN3O2. The van der Waals surface area contributed by atoms with Crippen LogP contribution in [0.2, 0.25) is 0 Å². The molecule has 0 spiro atoms. The number of carbonyl (C=O) groups is 2. The van der Waals surface area contributed by atoms with E-state index in [9.17, 15) is 14.0 Å². The molecule has 0 aliphatic rings. The zero-order valence-electron chi connectivity index (χ0n) is 11.8. The van der Waals surface area contributed by atoms with Gasteiger partial charge in [-0.15, -0.1) is 0 Å². The molecule has 1 aromatic carbocycles. The van der Waals surface area contributed by atoms with Gasteiger partial charge < -0.3 is 16.0 Å². The molecule has 0 saturated heterocycles. The summed E-state index contributed by atoms with van der Waals surface area (Å²) in [5.74, 6) is -0.811. The molecule has 0 radical (unpaired) electrons. The Morgan fingerprint density at radius 1 is 1.20 bits per heavy atom. The van der Waals surface area contributed by atoms with Crippen molar-refractivity contribution in [2.75, 3.05) is 17.2 Å². The van der Waals surface area contributed by atoms with Crippen LogP contribution >= 0.6 is 0 Å². The van der Waals surface area contributed by atoms with Crippen LogP contribution in [-0.4, -0.2) is 18.5 Å². The number of nitrogens with one attached hydrogen (secondary N) is 3. The van der Waals surface area contributed by atoms with Crippen molar-refractivity contribution in [1.29, 1.82) is 0 Å². The van der Waals surface area contributed by atoms with Crippen LogP contribution in [0, 0.1) is 5.82 Å². The largest absolute Gasteiger partial charge is 0.338 e. The lowest BCUT2D eigenvalue weighted by atomic mass is 10.2. The Hall–Kier alpha value is -2.11. The Morgan fingerprint density at radius 3 is 2.60 bits per heavy atom. The van der Waals surface area contributed by atoms with Crippen LogP contribution in [0.15, 0.2) is 18.2 Å². The van der Waals surface area contributed by atoms with Gasteiger partial charge in [0.1, 0.15) is 5.82 Å². The average Bonchev–Trinajstić information content (AvgIpc) is 2.38. The number of hydrogen-bond acceptors (Lipinski definition) is 2. The number of anilines is 2. The fourth-order valence-electron chi connectivity index (χ4n) is 1.65. The molecule has 0 heterocycles. The van der Waals surface area contributed by atoms with E-state index >= 15 is 0 Å². The molecular weight excluding hydrogens is 261 g/mol. The van der Waals surface area contributed by atoms with Crippen LogP contribution in [0.5, 0.6) is 0 Å². The number of urea groups is 1. The maximum atomic E-state index is 13.6. The van der Waals surface area contributed by atoms with Gasteiger partial charge in [-0.05, 0) is 24.6 Å². The third-order valence-electron chi connectivity index (χ3n) is 2.60. The first kappa shape index (κ1) is 15.9. The Morgan fingerprint density at radius 2 is 1.95 bits per heavy atom. The number of amides is 3. The zero-order valence-corrected chi connectivity index (χ0v) is 11.8. The summed E-state index contributed by atoms with van der Waals surface area (Å²) in [5, 5.41) is 7.60. The first-order valence-electron chi connectivity index (χ1n) is 6.65. The molecule has 1 rings (SSSR count). The number of halogens is 1. The monoisotopic (exact) mass is 281 g/mol. The minimum absolute atomic E-state index is 0.0317. The molecule has 0 aromatic heterocycles. The van der Waals surface area contributed by atoms with Crippen LogP contribution in [0.25, 0.3) is 0 Å². The molecule has 110 valence electrons. The second kappa shape index (κ2) is 8.14. The molecule has 3 amide bonds. The van der Waals surface area contributed by atoms with E-state index in [1.54, 1.807) is 0 Å². The van der Waals surface area contributed by atoms with Crippen molar-refractivity contribution in [3.8, 4) is 0 Å². The third kappa shape index (κ3) is 5.69. The summed E-state index contributed by atoms with van der Waals surface area (Å²) in [6, 6.07) is 3.54. The highest BCUT2D eigenvalue weighted by Crippen LogP contribution is 2.19. The van der Waals surface area contributed by atoms with Crippen molar-refractivity contribution < 1.29 is 14.0 Å². The zero-order chi connectivity index (χ0) is 15.0. The van der Waals surface area contributed by atoms with Gasteiger partial charge in [0.25, 0.3) is 0 Å². The minimum atomic E-state index is -0.553. The summed E-state index contributed by atoms with van der Waals surface area (Å²) >= 11 is 0. The molecule has 0 bridgehead atoms. The normalized spacial score (nSPS) is 9.95. The lowest BCUT2D eigenvalue weighted by Crippen LogP contribution is -2.29. The van der Waals surface area contributed by atoms with Gasteiger partial charge in [-0.25, -0.2) is 9.18 Å². The predicted molar refractivity (Wildman–Crippen MR) is 77.3 cm³/mol. The second-order valence-electron chi connectivity index (χ2n) is 4.46. The smallest absolute Gasteiger partial charge is 0.319 e. The Bertz CT molecular complexity index is 477. The van der Waals surface area contributed by atoms with E-state index in [4.69, 9.17) is 0 Å². The molecule has 5 nitrogen and oxygen atoms in total. The van der Waals surface area contributed by atoms with Crippen LogP contribution in [0.4, 0.5) is 20.6 Å². The Balaban J connectivity index is 2.57. The molecule has 0 unspecified atom stereocenters. The van der Waals surface area contributed by atoms with Gasteiger partial charge in [-0.3, -0.25) is 4.79 Å². The van der Waals surface area contributed by atoms with Gasteiger partial charge in [0.05, 0.1) is 5.69 Å². The fourth-order valence-corrected chi connectivity index (χ4v) is 1.65. The number of rotatable bonds is 6. The molecule has 0 aliphatic heterocycles. The van der Waals surface area contributed by atoms with Gasteiger partial charge in [0.15, 0.2) is 0 Å². The number of hydrogen-bond donors (Lipinski definition) is 3. The molecule has 6 heteroatoms. The lowest BCUT2D eigenvalue weighted by molar-refractivity contribution is -0.114. The van der Waals surface area contributed by atoms with Gasteiger partial charge in [-0.1, -0.05) is 19.8 Å². The predicted octanol–water partition coefficient (Wildman–Crippen LogP) is 3.10. The van der Waals surface area contributed by atoms with Gasteiger partial charge in [0, 0.05) is 19.2 Å². The van der Waals surface area contributed by atoms with Gasteiger partial charge in [0.2, 0.25) is 5.91 Å². The van der Waals surface area contributed by atoms with Crippen molar-refractivity contribution in [2.24, 2.45) is 0 Å². The van der Waals surface area contributed by atoms with Crippen molar-refractivity contribution in [1.82, 2.24) is 5.32 Å². The van der Waals surface area contributed by atoms with E-state index in [2.05, 4.69) is 22.9 Å². The molecule has 0 aliphatic carbocycles. The number of benzene rings is 1. The van der Waals surface area contributed by atoms with Crippen LogP contribution in [0.1, 0.15) is 33.1 Å². The second-order valence-corrected chi connectivity index (χ2v) is 4.46. The topological polar surface area (TPSA) is 70.2 Å². The first-order valence-corrected chi connectivity index (χ1v) is 6.65. The first-order chi connectivity index (χ1) is 9.52. The Kier molecular flexibility index (Phi) is 6.49. The van der Waals surface area contributed by atoms with Crippen molar-refractivity contribution in [2.45, 2.75) is 33.1 Å². The minimum Gasteiger partial charge on any atom is -0.338 e. The number of carbonyl (C=O) groups excluding carboxylic acids is 2. The maximum absolute atomic E-state index is 13.6. The molecule has 3 N–H and O–H groups in total. The van der Waals surface area contributed by atoms with E-state index in [-0.39, 0.29) is 11.6 Å². The Labute approximate surface area is 117 Å². The lowest BCUT2D eigenvalue weighted by Gasteiger charge is -2.10. The fraction of sp³-hybridized carbons (Fsp3) is 0.429. The van der Waals surface area contributed by atoms with E-state index < -0.39 is 11.8 Å². The van der Waals surface area contributed by atoms with Crippen molar-refractivity contribution in [3.63, 3.8) is 0 Å². The van der Waals surface area contributed by atoms with E-state index in [1.165, 1.54) is 25.1 Å². The SMILES string of the molecule is CCCCCNC(=O)Nc1cc(NC(C)=O)ccc1F. The van der Waals surface area contributed by atoms with Crippen molar-refractivity contribution in [3.05, 3.63) is 24.0 Å². The third-order valence-corrected chi connectivity index (χ3v) is 2.60. The maximum Gasteiger partial charge on any atom is 0.319 e. The van der Waals surface area contributed by atoms with Gasteiger partial charge >= 0.3 is 6.03 Å². The van der Waals surface area contributed by atoms with Crippen LogP contribution in [0.3, 0.4) is 0 Å². The quantitative estimate of drug-likeness (QED) is 0.701. The van der Waals surface area contributed by atoms with Crippen LogP contribution < -0.4 is 16.0 Å². The summed E-state index contributed by atoms with van der Waals surface area (Å²) in [6.45, 7) is 3.98. The van der Waals surface area contributed by atoms with Gasteiger partial charge in [-0.2, -0.15) is 0 Å². The molecule has 1 aromatic rings. The molecule has 0 saturated carbocycles. The van der Waals surface area contributed by atoms with E-state index in [1.807, 2.05) is 0 Å². The molecule has 0 atom stereocenters. The summed E-state index contributed by atoms with van der Waals surface area (Å²) in [5.41, 5.74) is 0.462. The van der Waals surface area contributed by atoms with Crippen LogP contribution in [-0.2, 0) is 4.79 Å². The summed E-state index contributed by atoms with van der Waals surface area (Å²) in [4.78, 5) is 22.5.